The molecule has 1 heterocycles. The van der Waals surface area contributed by atoms with Gasteiger partial charge in [0.2, 0.25) is 15.9 Å². The molecule has 0 bridgehead atoms. The van der Waals surface area contributed by atoms with Crippen LogP contribution in [-0.2, 0) is 21.4 Å². The summed E-state index contributed by atoms with van der Waals surface area (Å²) in [4.78, 5) is 16.6. The molecule has 0 atom stereocenters. The summed E-state index contributed by atoms with van der Waals surface area (Å²) < 4.78 is 40.1. The predicted octanol–water partition coefficient (Wildman–Crippen LogP) is 2.88. The molecule has 1 aliphatic heterocycles. The summed E-state index contributed by atoms with van der Waals surface area (Å²) in [7, 11) is -3.70. The molecule has 0 unspecified atom stereocenters. The summed E-state index contributed by atoms with van der Waals surface area (Å²) in [6, 6.07) is 12.4. The van der Waals surface area contributed by atoms with Gasteiger partial charge in [-0.15, -0.1) is 0 Å². The van der Waals surface area contributed by atoms with Crippen molar-refractivity contribution in [1.82, 2.24) is 14.5 Å². The Balaban J connectivity index is 1.46. The zero-order valence-electron chi connectivity index (χ0n) is 16.6. The second-order valence-electron chi connectivity index (χ2n) is 7.24. The van der Waals surface area contributed by atoms with E-state index in [1.165, 1.54) is 24.3 Å². The number of benzene rings is 2. The molecule has 0 aromatic heterocycles. The highest BCUT2D eigenvalue weighted by Gasteiger charge is 2.20. The molecule has 1 aliphatic rings. The van der Waals surface area contributed by atoms with Gasteiger partial charge in [-0.1, -0.05) is 29.8 Å². The molecule has 1 saturated heterocycles. The van der Waals surface area contributed by atoms with Crippen LogP contribution in [0.5, 0.6) is 0 Å². The lowest BCUT2D eigenvalue weighted by atomic mass is 10.2. The number of carbonyl (C=O) groups excluding carboxylic acids is 1. The molecule has 162 valence electrons. The van der Waals surface area contributed by atoms with Crippen molar-refractivity contribution in [1.29, 1.82) is 0 Å². The van der Waals surface area contributed by atoms with Gasteiger partial charge in [0.1, 0.15) is 5.82 Å². The van der Waals surface area contributed by atoms with E-state index < -0.39 is 10.0 Å². The molecule has 3 rings (SSSR count). The van der Waals surface area contributed by atoms with E-state index in [0.29, 0.717) is 24.7 Å². The van der Waals surface area contributed by atoms with E-state index in [1.54, 1.807) is 29.2 Å². The zero-order valence-corrected chi connectivity index (χ0v) is 18.1. The molecule has 2 aromatic rings. The Bertz CT molecular complexity index is 970. The van der Waals surface area contributed by atoms with Crippen LogP contribution >= 0.6 is 11.6 Å². The van der Waals surface area contributed by atoms with Gasteiger partial charge in [-0.05, 0) is 42.3 Å². The lowest BCUT2D eigenvalue weighted by molar-refractivity contribution is -0.130. The molecule has 0 spiro atoms. The molecule has 9 heteroatoms. The quantitative estimate of drug-likeness (QED) is 0.699. The van der Waals surface area contributed by atoms with Gasteiger partial charge in [0.15, 0.2) is 0 Å². The summed E-state index contributed by atoms with van der Waals surface area (Å²) in [5, 5.41) is 0.337. The van der Waals surface area contributed by atoms with Crippen LogP contribution in [0, 0.1) is 5.82 Å². The van der Waals surface area contributed by atoms with Crippen LogP contribution in [0.15, 0.2) is 53.4 Å². The highest BCUT2D eigenvalue weighted by Crippen LogP contribution is 2.15. The molecule has 2 aromatic carbocycles. The van der Waals surface area contributed by atoms with E-state index in [-0.39, 0.29) is 29.6 Å². The maximum absolute atomic E-state index is 13.1. The third kappa shape index (κ3) is 6.50. The summed E-state index contributed by atoms with van der Waals surface area (Å²) in [6.45, 7) is 3.53. The summed E-state index contributed by atoms with van der Waals surface area (Å²) in [5.41, 5.74) is 1.03. The third-order valence-electron chi connectivity index (χ3n) is 5.00. The first-order valence-corrected chi connectivity index (χ1v) is 11.7. The van der Waals surface area contributed by atoms with Gasteiger partial charge >= 0.3 is 0 Å². The molecule has 0 radical (unpaired) electrons. The van der Waals surface area contributed by atoms with Crippen LogP contribution in [0.2, 0.25) is 5.02 Å². The van der Waals surface area contributed by atoms with Gasteiger partial charge in [0.25, 0.3) is 0 Å². The van der Waals surface area contributed by atoms with Gasteiger partial charge in [-0.3, -0.25) is 9.69 Å². The number of halogens is 2. The van der Waals surface area contributed by atoms with Crippen molar-refractivity contribution in [2.45, 2.75) is 24.3 Å². The third-order valence-corrected chi connectivity index (χ3v) is 6.69. The van der Waals surface area contributed by atoms with Gasteiger partial charge in [0, 0.05) is 50.7 Å². The van der Waals surface area contributed by atoms with E-state index in [4.69, 9.17) is 11.6 Å². The lowest BCUT2D eigenvalue weighted by Gasteiger charge is -2.22. The van der Waals surface area contributed by atoms with Crippen molar-refractivity contribution in [2.75, 3.05) is 32.7 Å². The second kappa shape index (κ2) is 10.3. The first-order chi connectivity index (χ1) is 14.3. The average molecular weight is 454 g/mol. The largest absolute Gasteiger partial charge is 0.341 e. The van der Waals surface area contributed by atoms with Crippen LogP contribution in [0.1, 0.15) is 18.4 Å². The highest BCUT2D eigenvalue weighted by molar-refractivity contribution is 7.89. The Hall–Kier alpha value is -2.00. The van der Waals surface area contributed by atoms with Gasteiger partial charge in [-0.25, -0.2) is 17.5 Å². The standard InChI is InChI=1S/C21H25ClFN3O3S/c22-18-3-1-4-20(15-18)30(28,29)24-10-9-21(27)26-12-2-11-25(13-14-26)16-17-5-7-19(23)8-6-17/h1,3-8,15,24H,2,9-14,16H2. The topological polar surface area (TPSA) is 69.7 Å². The first-order valence-electron chi connectivity index (χ1n) is 9.83. The molecule has 1 amide bonds. The van der Waals surface area contributed by atoms with E-state index in [9.17, 15) is 17.6 Å². The molecular formula is C21H25ClFN3O3S. The molecule has 1 N–H and O–H groups in total. The second-order valence-corrected chi connectivity index (χ2v) is 9.45. The van der Waals surface area contributed by atoms with Crippen molar-refractivity contribution in [3.8, 4) is 0 Å². The Kier molecular flexibility index (Phi) is 7.82. The average Bonchev–Trinajstić information content (AvgIpc) is 2.95. The Morgan fingerprint density at radius 1 is 1.07 bits per heavy atom. The highest BCUT2D eigenvalue weighted by atomic mass is 35.5. The number of hydrogen-bond acceptors (Lipinski definition) is 4. The van der Waals surface area contributed by atoms with Crippen LogP contribution in [-0.4, -0.2) is 56.8 Å². The fourth-order valence-electron chi connectivity index (χ4n) is 3.39. The number of amides is 1. The van der Waals surface area contributed by atoms with Gasteiger partial charge in [-0.2, -0.15) is 0 Å². The number of nitrogens with one attached hydrogen (secondary N) is 1. The molecule has 30 heavy (non-hydrogen) atoms. The normalized spacial score (nSPS) is 15.7. The number of sulfonamides is 1. The van der Waals surface area contributed by atoms with E-state index in [1.807, 2.05) is 0 Å². The van der Waals surface area contributed by atoms with Crippen molar-refractivity contribution in [3.63, 3.8) is 0 Å². The van der Waals surface area contributed by atoms with Crippen LogP contribution < -0.4 is 4.72 Å². The molecule has 0 saturated carbocycles. The molecule has 0 aliphatic carbocycles. The molecule has 6 nitrogen and oxygen atoms in total. The lowest BCUT2D eigenvalue weighted by Crippen LogP contribution is -2.37. The van der Waals surface area contributed by atoms with E-state index in [2.05, 4.69) is 9.62 Å². The van der Waals surface area contributed by atoms with Crippen molar-refractivity contribution < 1.29 is 17.6 Å². The Morgan fingerprint density at radius 3 is 2.57 bits per heavy atom. The minimum Gasteiger partial charge on any atom is -0.341 e. The van der Waals surface area contributed by atoms with E-state index >= 15 is 0 Å². The fourth-order valence-corrected chi connectivity index (χ4v) is 4.73. The monoisotopic (exact) mass is 453 g/mol. The minimum atomic E-state index is -3.70. The summed E-state index contributed by atoms with van der Waals surface area (Å²) >= 11 is 5.85. The van der Waals surface area contributed by atoms with Crippen LogP contribution in [0.25, 0.3) is 0 Å². The van der Waals surface area contributed by atoms with Crippen molar-refractivity contribution in [2.24, 2.45) is 0 Å². The number of nitrogens with zero attached hydrogens (tertiary/aromatic N) is 2. The fraction of sp³-hybridized carbons (Fsp3) is 0.381. The Labute approximate surface area is 181 Å². The maximum Gasteiger partial charge on any atom is 0.240 e. The molecule has 1 fully saturated rings. The number of hydrogen-bond donors (Lipinski definition) is 1. The van der Waals surface area contributed by atoms with Crippen LogP contribution in [0.4, 0.5) is 4.39 Å². The SMILES string of the molecule is O=C(CCNS(=O)(=O)c1cccc(Cl)c1)N1CCCN(Cc2ccc(F)cc2)CC1. The first kappa shape index (κ1) is 22.7. The summed E-state index contributed by atoms with van der Waals surface area (Å²) in [5.74, 6) is -0.329. The van der Waals surface area contributed by atoms with Crippen molar-refractivity contribution in [3.05, 3.63) is 64.9 Å². The number of carbonyl (C=O) groups is 1. The Morgan fingerprint density at radius 2 is 1.83 bits per heavy atom. The number of rotatable bonds is 7. The summed E-state index contributed by atoms with van der Waals surface area (Å²) in [6.07, 6.45) is 0.929. The smallest absolute Gasteiger partial charge is 0.240 e. The molecular weight excluding hydrogens is 429 g/mol. The van der Waals surface area contributed by atoms with Crippen LogP contribution in [0.3, 0.4) is 0 Å². The van der Waals surface area contributed by atoms with E-state index in [0.717, 1.165) is 25.1 Å². The predicted molar refractivity (Wildman–Crippen MR) is 114 cm³/mol. The van der Waals surface area contributed by atoms with Gasteiger partial charge in [0.05, 0.1) is 4.90 Å². The van der Waals surface area contributed by atoms with Crippen molar-refractivity contribution >= 4 is 27.5 Å². The zero-order chi connectivity index (χ0) is 21.6. The minimum absolute atomic E-state index is 0.0312. The maximum atomic E-state index is 13.1. The van der Waals surface area contributed by atoms with Gasteiger partial charge < -0.3 is 4.90 Å².